The third-order valence-corrected chi connectivity index (χ3v) is 16.6. The average Bonchev–Trinajstić information content (AvgIpc) is 3.44. The van der Waals surface area contributed by atoms with Crippen molar-refractivity contribution < 1.29 is 40.0 Å². The Labute approximate surface area is 367 Å². The maximum Gasteiger partial charge on any atom is 0.269 e. The Morgan fingerprint density at radius 3 is 2.43 bits per heavy atom. The number of hydrogen-bond acceptors (Lipinski definition) is 9. The summed E-state index contributed by atoms with van der Waals surface area (Å²) in [7, 11) is -8.90. The highest BCUT2D eigenvalue weighted by molar-refractivity contribution is 7.86. The van der Waals surface area contributed by atoms with Crippen molar-refractivity contribution in [3.8, 4) is 5.75 Å². The largest absolute Gasteiger partial charge is 0.460 e. The maximum atomic E-state index is 15.5. The van der Waals surface area contributed by atoms with Crippen molar-refractivity contribution in [2.45, 2.75) is 82.3 Å². The molecule has 8 aliphatic rings. The van der Waals surface area contributed by atoms with Crippen LogP contribution in [0, 0.1) is 5.92 Å². The first-order valence-electron chi connectivity index (χ1n) is 21.3. The molecule has 3 N–H and O–H groups in total. The summed E-state index contributed by atoms with van der Waals surface area (Å²) in [5.41, 5.74) is 4.48. The van der Waals surface area contributed by atoms with Crippen molar-refractivity contribution in [1.82, 2.24) is 15.1 Å². The lowest BCUT2D eigenvalue weighted by Crippen LogP contribution is -2.58. The molecule has 1 amide bonds. The van der Waals surface area contributed by atoms with Crippen LogP contribution >= 0.6 is 23.2 Å². The molecule has 0 aromatic heterocycles. The van der Waals surface area contributed by atoms with Gasteiger partial charge in [-0.05, 0) is 74.9 Å². The minimum Gasteiger partial charge on any atom is -0.460 e. The standard InChI is InChI=1S/C44H51Cl2N5O8S2/c1-42(2)21-25(23-60(53,54)55)29-19-31-39(27-7-5-13-49(42)37(27)29)59-40-28-8-6-14-50-38(28)30(26(22-43(50,3)4)24-61(56,57)58)20-32(40)44(31)36-34(46)10-9-33(45)35(36)41(52)51(44)18-17-48-15-11-47-12-16-48/h9-10,19-21,26,31,47H,5-8,11-18,22-24H2,1-4H3,(H-,53,54,55,56,57,58)/p+1. The third-order valence-electron chi connectivity index (χ3n) is 14.5. The van der Waals surface area contributed by atoms with E-state index >= 15 is 4.79 Å². The molecule has 7 heterocycles. The Hall–Kier alpha value is -3.28. The van der Waals surface area contributed by atoms with E-state index in [1.165, 1.54) is 0 Å². The van der Waals surface area contributed by atoms with E-state index in [4.69, 9.17) is 27.9 Å². The zero-order chi connectivity index (χ0) is 43.2. The summed E-state index contributed by atoms with van der Waals surface area (Å²) >= 11 is 14.6. The van der Waals surface area contributed by atoms with Crippen LogP contribution in [0.15, 0.2) is 52.8 Å². The summed E-state index contributed by atoms with van der Waals surface area (Å²) in [6.45, 7) is 13.8. The van der Waals surface area contributed by atoms with Crippen molar-refractivity contribution in [3.63, 3.8) is 0 Å². The number of carbonyl (C=O) groups excluding carboxylic acids is 1. The number of piperazine rings is 1. The number of benzene rings is 2. The molecular weight excluding hydrogens is 862 g/mol. The van der Waals surface area contributed by atoms with Gasteiger partial charge in [-0.1, -0.05) is 29.3 Å². The molecule has 1 spiro atoms. The molecule has 0 bridgehead atoms. The van der Waals surface area contributed by atoms with Crippen LogP contribution < -0.4 is 15.0 Å². The quantitative estimate of drug-likeness (QED) is 0.236. The molecule has 61 heavy (non-hydrogen) atoms. The van der Waals surface area contributed by atoms with E-state index in [1.807, 2.05) is 37.0 Å². The highest BCUT2D eigenvalue weighted by atomic mass is 35.5. The third kappa shape index (κ3) is 6.41. The van der Waals surface area contributed by atoms with Gasteiger partial charge >= 0.3 is 0 Å². The Kier molecular flexibility index (Phi) is 9.65. The zero-order valence-electron chi connectivity index (χ0n) is 34.9. The average molecular weight is 914 g/mol. The van der Waals surface area contributed by atoms with Gasteiger partial charge in [0.2, 0.25) is 5.71 Å². The van der Waals surface area contributed by atoms with Crippen LogP contribution in [0.4, 0.5) is 5.69 Å². The number of carbonyl (C=O) groups is 1. The van der Waals surface area contributed by atoms with Gasteiger partial charge in [-0.15, -0.1) is 0 Å². The van der Waals surface area contributed by atoms with Crippen molar-refractivity contribution in [2.24, 2.45) is 5.92 Å². The van der Waals surface area contributed by atoms with E-state index in [1.54, 1.807) is 12.1 Å². The van der Waals surface area contributed by atoms with E-state index in [9.17, 15) is 25.9 Å². The molecule has 1 aliphatic carbocycles. The number of amides is 1. The van der Waals surface area contributed by atoms with Gasteiger partial charge in [0.15, 0.2) is 5.54 Å². The molecule has 2 aromatic rings. The Morgan fingerprint density at radius 1 is 0.967 bits per heavy atom. The first kappa shape index (κ1) is 41.7. The van der Waals surface area contributed by atoms with Crippen LogP contribution in [0.3, 0.4) is 0 Å². The summed E-state index contributed by atoms with van der Waals surface area (Å²) in [5.74, 6) is -1.46. The van der Waals surface area contributed by atoms with Crippen LogP contribution in [0.1, 0.15) is 91.9 Å². The van der Waals surface area contributed by atoms with Crippen LogP contribution in [-0.4, -0.2) is 127 Å². The molecule has 0 radical (unpaired) electrons. The van der Waals surface area contributed by atoms with E-state index < -0.39 is 60.2 Å². The summed E-state index contributed by atoms with van der Waals surface area (Å²) in [6, 6.07) is 5.38. The second-order valence-corrected chi connectivity index (χ2v) is 22.9. The lowest BCUT2D eigenvalue weighted by atomic mass is 9.63. The maximum absolute atomic E-state index is 15.5. The molecule has 2 aromatic carbocycles. The number of allylic oxidation sites excluding steroid dienone is 2. The minimum absolute atomic E-state index is 0.248. The molecular formula is C44H52Cl2N5O8S2+. The predicted octanol–water partition coefficient (Wildman–Crippen LogP) is 5.56. The monoisotopic (exact) mass is 912 g/mol. The topological polar surface area (TPSA) is 160 Å². The van der Waals surface area contributed by atoms with Crippen LogP contribution in [0.25, 0.3) is 0 Å². The Morgan fingerprint density at radius 2 is 1.70 bits per heavy atom. The fraction of sp³-hybridized carbons (Fsp3) is 0.545. The molecule has 3 atom stereocenters. The van der Waals surface area contributed by atoms with Gasteiger partial charge < -0.3 is 19.9 Å². The molecule has 13 nitrogen and oxygen atoms in total. The van der Waals surface area contributed by atoms with Crippen LogP contribution in [-0.2, 0) is 32.2 Å². The molecule has 17 heteroatoms. The van der Waals surface area contributed by atoms with E-state index in [0.717, 1.165) is 80.2 Å². The smallest absolute Gasteiger partial charge is 0.269 e. The second kappa shape index (κ2) is 14.1. The fourth-order valence-electron chi connectivity index (χ4n) is 12.3. The summed E-state index contributed by atoms with van der Waals surface area (Å²) < 4.78 is 81.8. The number of fused-ring (bicyclic) bond motifs is 7. The number of halogens is 2. The lowest BCUT2D eigenvalue weighted by molar-refractivity contribution is -0.591. The lowest BCUT2D eigenvalue weighted by Gasteiger charge is -2.55. The SMILES string of the molecule is CC1(C)CC(CS(=O)(=O)O)c2cc3c(c4c2N1CCC4)OC1=C2CCC[N+]4=C2C(=CC1C31c2c(Cl)ccc(Cl)c2C(=O)N1CCN1CCNCC1)C(CS(=O)(=O)O)=CC4(C)C. The first-order valence-corrected chi connectivity index (χ1v) is 25.3. The number of hydrogen-bond donors (Lipinski definition) is 3. The summed E-state index contributed by atoms with van der Waals surface area (Å²) in [4.78, 5) is 22.1. The van der Waals surface area contributed by atoms with Crippen molar-refractivity contribution >= 4 is 60.7 Å². The number of nitrogens with one attached hydrogen (secondary N) is 1. The minimum atomic E-state index is -4.48. The summed E-state index contributed by atoms with van der Waals surface area (Å²) in [5, 5.41) is 3.99. The van der Waals surface area contributed by atoms with E-state index in [0.29, 0.717) is 64.6 Å². The predicted molar refractivity (Wildman–Crippen MR) is 235 cm³/mol. The van der Waals surface area contributed by atoms with Gasteiger partial charge in [0.1, 0.15) is 29.3 Å². The number of rotatable bonds is 7. The van der Waals surface area contributed by atoms with Gasteiger partial charge in [0, 0.05) is 111 Å². The molecule has 1 fully saturated rings. The van der Waals surface area contributed by atoms with Gasteiger partial charge in [-0.3, -0.25) is 18.8 Å². The van der Waals surface area contributed by atoms with E-state index in [2.05, 4.69) is 33.5 Å². The zero-order valence-corrected chi connectivity index (χ0v) is 38.0. The number of anilines is 1. The fourth-order valence-corrected chi connectivity index (χ4v) is 14.3. The van der Waals surface area contributed by atoms with Crippen molar-refractivity contribution in [1.29, 1.82) is 0 Å². The van der Waals surface area contributed by atoms with Gasteiger partial charge in [0.25, 0.3) is 26.1 Å². The van der Waals surface area contributed by atoms with Crippen LogP contribution in [0.5, 0.6) is 5.75 Å². The molecule has 7 aliphatic heterocycles. The summed E-state index contributed by atoms with van der Waals surface area (Å²) in [6.07, 6.45) is 7.25. The van der Waals surface area contributed by atoms with Crippen molar-refractivity contribution in [3.05, 3.63) is 90.7 Å². The van der Waals surface area contributed by atoms with E-state index in [-0.39, 0.29) is 23.0 Å². The molecule has 1 saturated heterocycles. The highest BCUT2D eigenvalue weighted by Gasteiger charge is 2.64. The molecule has 0 saturated carbocycles. The molecule has 3 unspecified atom stereocenters. The number of nitrogens with zero attached hydrogens (tertiary/aromatic N) is 4. The Balaban J connectivity index is 1.33. The van der Waals surface area contributed by atoms with Gasteiger partial charge in [-0.25, -0.2) is 4.58 Å². The van der Waals surface area contributed by atoms with Crippen LogP contribution in [0.2, 0.25) is 10.0 Å². The van der Waals surface area contributed by atoms with Gasteiger partial charge in [0.05, 0.1) is 27.8 Å². The Bertz CT molecular complexity index is 2680. The van der Waals surface area contributed by atoms with Gasteiger partial charge in [-0.2, -0.15) is 16.8 Å². The van der Waals surface area contributed by atoms with Crippen molar-refractivity contribution in [2.75, 3.05) is 68.8 Å². The second-order valence-electron chi connectivity index (χ2n) is 19.1. The first-order chi connectivity index (χ1) is 28.7. The molecule has 10 rings (SSSR count). The molecule has 326 valence electrons. The highest BCUT2D eigenvalue weighted by Crippen LogP contribution is 2.65. The normalized spacial score (nSPS) is 27.5. The number of ether oxygens (including phenoxy) is 1.